The zero-order valence-electron chi connectivity index (χ0n) is 16.6. The van der Waals surface area contributed by atoms with Gasteiger partial charge in [-0.15, -0.1) is 11.3 Å². The van der Waals surface area contributed by atoms with Crippen LogP contribution in [0.4, 0.5) is 23.0 Å². The zero-order chi connectivity index (χ0) is 21.7. The van der Waals surface area contributed by atoms with Gasteiger partial charge >= 0.3 is 12.2 Å². The minimum Gasteiger partial charge on any atom is -0.329 e. The van der Waals surface area contributed by atoms with Crippen LogP contribution < -0.4 is 10.2 Å². The number of aryl methyl sites for hydroxylation is 1. The summed E-state index contributed by atoms with van der Waals surface area (Å²) in [5.74, 6) is 0.572. The fourth-order valence-electron chi connectivity index (χ4n) is 3.67. The molecule has 3 rings (SSSR count). The van der Waals surface area contributed by atoms with Crippen LogP contribution in [0.3, 0.4) is 0 Å². The maximum absolute atomic E-state index is 12.7. The summed E-state index contributed by atoms with van der Waals surface area (Å²) in [6.07, 6.45) is 1.06. The number of nitrogens with one attached hydrogen (secondary N) is 1. The molecule has 0 bridgehead atoms. The minimum atomic E-state index is -4.50. The van der Waals surface area contributed by atoms with Crippen molar-refractivity contribution in [1.29, 1.82) is 5.26 Å². The Labute approximate surface area is 177 Å². The van der Waals surface area contributed by atoms with E-state index in [9.17, 15) is 18.0 Å². The molecule has 1 heterocycles. The Morgan fingerprint density at radius 2 is 2.10 bits per heavy atom. The Kier molecular flexibility index (Phi) is 6.98. The number of hydrogen-bond donors (Lipinski definition) is 1. The second-order valence-corrected chi connectivity index (χ2v) is 8.59. The number of alkyl halides is 3. The molecule has 0 unspecified atom stereocenters. The molecule has 1 aliphatic carbocycles. The molecule has 0 spiro atoms. The van der Waals surface area contributed by atoms with Crippen LogP contribution in [0.1, 0.15) is 47.5 Å². The monoisotopic (exact) mass is 436 g/mol. The molecular formula is C21H23F3N4OS. The van der Waals surface area contributed by atoms with Crippen LogP contribution in [-0.2, 0) is 13.0 Å². The quantitative estimate of drug-likeness (QED) is 0.665. The van der Waals surface area contributed by atoms with E-state index < -0.39 is 18.8 Å². The van der Waals surface area contributed by atoms with Crippen LogP contribution in [0.2, 0.25) is 0 Å². The van der Waals surface area contributed by atoms with E-state index in [1.165, 1.54) is 29.1 Å². The van der Waals surface area contributed by atoms with Crippen molar-refractivity contribution in [3.8, 4) is 6.07 Å². The Balaban J connectivity index is 1.85. The van der Waals surface area contributed by atoms with E-state index >= 15 is 0 Å². The van der Waals surface area contributed by atoms with Gasteiger partial charge in [0.05, 0.1) is 28.9 Å². The predicted octanol–water partition coefficient (Wildman–Crippen LogP) is 5.33. The van der Waals surface area contributed by atoms with Gasteiger partial charge in [0.25, 0.3) is 0 Å². The first kappa shape index (κ1) is 22.1. The number of nitriles is 1. The molecule has 9 heteroatoms. The SMILES string of the molecule is Cc1nc(CC2CCCC2)sc1N(Cc1cccc(C#N)c1)C(=O)NCC(F)(F)F. The lowest BCUT2D eigenvalue weighted by atomic mass is 10.1. The largest absolute Gasteiger partial charge is 0.405 e. The number of anilines is 1. The van der Waals surface area contributed by atoms with Gasteiger partial charge in [0.15, 0.2) is 0 Å². The summed E-state index contributed by atoms with van der Waals surface area (Å²) in [6.45, 7) is 0.401. The van der Waals surface area contributed by atoms with Gasteiger partial charge in [0.2, 0.25) is 0 Å². The topological polar surface area (TPSA) is 69.0 Å². The normalized spacial score (nSPS) is 14.5. The molecule has 2 aromatic rings. The van der Waals surface area contributed by atoms with Gasteiger partial charge in [-0.05, 0) is 30.5 Å². The first-order valence-electron chi connectivity index (χ1n) is 9.82. The molecule has 0 radical (unpaired) electrons. The van der Waals surface area contributed by atoms with Crippen LogP contribution in [0.5, 0.6) is 0 Å². The molecule has 1 aromatic heterocycles. The van der Waals surface area contributed by atoms with Gasteiger partial charge in [-0.2, -0.15) is 18.4 Å². The highest BCUT2D eigenvalue weighted by molar-refractivity contribution is 7.16. The summed E-state index contributed by atoms with van der Waals surface area (Å²) in [5, 5.41) is 12.5. The number of urea groups is 1. The average Bonchev–Trinajstić information content (AvgIpc) is 3.33. The summed E-state index contributed by atoms with van der Waals surface area (Å²) in [7, 11) is 0. The van der Waals surface area contributed by atoms with E-state index in [2.05, 4.69) is 4.98 Å². The highest BCUT2D eigenvalue weighted by Crippen LogP contribution is 2.34. The minimum absolute atomic E-state index is 0.0467. The Hall–Kier alpha value is -2.60. The van der Waals surface area contributed by atoms with Gasteiger partial charge in [-0.1, -0.05) is 37.8 Å². The van der Waals surface area contributed by atoms with E-state index in [0.29, 0.717) is 27.7 Å². The third-order valence-electron chi connectivity index (χ3n) is 5.08. The van der Waals surface area contributed by atoms with Crippen LogP contribution in [-0.4, -0.2) is 23.7 Å². The molecular weight excluding hydrogens is 413 g/mol. The van der Waals surface area contributed by atoms with Crippen molar-refractivity contribution in [3.63, 3.8) is 0 Å². The number of aromatic nitrogens is 1. The van der Waals surface area contributed by atoms with Crippen LogP contribution >= 0.6 is 11.3 Å². The Bertz CT molecular complexity index is 929. The molecule has 1 saturated carbocycles. The van der Waals surface area contributed by atoms with E-state index in [0.717, 1.165) is 24.3 Å². The number of carbonyl (C=O) groups excluding carboxylic acids is 1. The number of rotatable bonds is 6. The fourth-order valence-corrected chi connectivity index (χ4v) is 4.85. The first-order valence-corrected chi connectivity index (χ1v) is 10.6. The van der Waals surface area contributed by atoms with E-state index in [1.54, 1.807) is 31.2 Å². The van der Waals surface area contributed by atoms with Crippen molar-refractivity contribution in [2.45, 2.75) is 51.7 Å². The van der Waals surface area contributed by atoms with Gasteiger partial charge < -0.3 is 5.32 Å². The number of thiazole rings is 1. The Morgan fingerprint density at radius 1 is 1.37 bits per heavy atom. The summed E-state index contributed by atoms with van der Waals surface area (Å²) in [6, 6.07) is 7.87. The fraction of sp³-hybridized carbons (Fsp3) is 0.476. The van der Waals surface area contributed by atoms with Gasteiger partial charge in [-0.3, -0.25) is 4.90 Å². The van der Waals surface area contributed by atoms with Gasteiger partial charge in [0.1, 0.15) is 11.5 Å². The first-order chi connectivity index (χ1) is 14.2. The summed E-state index contributed by atoms with van der Waals surface area (Å²) >= 11 is 1.35. The third kappa shape index (κ3) is 5.95. The van der Waals surface area contributed by atoms with Crippen molar-refractivity contribution >= 4 is 22.4 Å². The second kappa shape index (κ2) is 9.47. The molecule has 1 fully saturated rings. The van der Waals surface area contributed by atoms with Crippen LogP contribution in [0.25, 0.3) is 0 Å². The third-order valence-corrected chi connectivity index (χ3v) is 6.28. The van der Waals surface area contributed by atoms with E-state index in [4.69, 9.17) is 5.26 Å². The molecule has 0 atom stereocenters. The lowest BCUT2D eigenvalue weighted by Crippen LogP contribution is -2.43. The molecule has 0 aliphatic heterocycles. The summed E-state index contributed by atoms with van der Waals surface area (Å²) in [4.78, 5) is 18.6. The standard InChI is InChI=1S/C21H23F3N4OS/c1-14-19(30-18(27-14)10-15-5-2-3-6-15)28(20(29)26-13-21(22,23)24)12-17-8-4-7-16(9-17)11-25/h4,7-9,15H,2-3,5-6,10,12-13H2,1H3,(H,26,29). The number of nitrogens with zero attached hydrogens (tertiary/aromatic N) is 3. The van der Waals surface area contributed by atoms with Crippen molar-refractivity contribution < 1.29 is 18.0 Å². The molecule has 30 heavy (non-hydrogen) atoms. The number of benzene rings is 1. The highest BCUT2D eigenvalue weighted by atomic mass is 32.1. The average molecular weight is 437 g/mol. The molecule has 160 valence electrons. The summed E-state index contributed by atoms with van der Waals surface area (Å²) in [5.41, 5.74) is 1.69. The van der Waals surface area contributed by atoms with Crippen molar-refractivity contribution in [3.05, 3.63) is 46.1 Å². The molecule has 2 amide bonds. The molecule has 1 aliphatic rings. The molecule has 1 N–H and O–H groups in total. The summed E-state index contributed by atoms with van der Waals surface area (Å²) < 4.78 is 37.9. The number of halogens is 3. The van der Waals surface area contributed by atoms with E-state index in [-0.39, 0.29) is 6.54 Å². The zero-order valence-corrected chi connectivity index (χ0v) is 17.4. The van der Waals surface area contributed by atoms with Gasteiger partial charge in [-0.25, -0.2) is 9.78 Å². The molecule has 5 nitrogen and oxygen atoms in total. The maximum atomic E-state index is 12.7. The van der Waals surface area contributed by atoms with Crippen molar-refractivity contribution in [1.82, 2.24) is 10.3 Å². The number of hydrogen-bond acceptors (Lipinski definition) is 4. The van der Waals surface area contributed by atoms with Crippen LogP contribution in [0.15, 0.2) is 24.3 Å². The van der Waals surface area contributed by atoms with Gasteiger partial charge in [0, 0.05) is 6.42 Å². The Morgan fingerprint density at radius 3 is 2.77 bits per heavy atom. The van der Waals surface area contributed by atoms with Crippen molar-refractivity contribution in [2.75, 3.05) is 11.4 Å². The molecule has 0 saturated heterocycles. The second-order valence-electron chi connectivity index (χ2n) is 7.52. The van der Waals surface area contributed by atoms with E-state index in [1.807, 2.05) is 11.4 Å². The lowest BCUT2D eigenvalue weighted by molar-refractivity contribution is -0.122. The lowest BCUT2D eigenvalue weighted by Gasteiger charge is -2.23. The highest BCUT2D eigenvalue weighted by Gasteiger charge is 2.30. The molecule has 1 aromatic carbocycles. The van der Waals surface area contributed by atoms with Crippen LogP contribution in [0, 0.1) is 24.2 Å². The number of carbonyl (C=O) groups is 1. The smallest absolute Gasteiger partial charge is 0.329 e. The number of amides is 2. The maximum Gasteiger partial charge on any atom is 0.405 e. The van der Waals surface area contributed by atoms with Crippen molar-refractivity contribution in [2.24, 2.45) is 5.92 Å². The predicted molar refractivity (Wildman–Crippen MR) is 109 cm³/mol.